The Morgan fingerprint density at radius 1 is 1.22 bits per heavy atom. The van der Waals surface area contributed by atoms with E-state index in [1.807, 2.05) is 4.90 Å². The molecule has 1 heterocycles. The number of hydrogen-bond acceptors (Lipinski definition) is 2. The molecule has 1 atom stereocenters. The Labute approximate surface area is 160 Å². The van der Waals surface area contributed by atoms with Crippen molar-refractivity contribution in [3.63, 3.8) is 0 Å². The summed E-state index contributed by atoms with van der Waals surface area (Å²) in [5, 5.41) is 3.04. The Bertz CT molecular complexity index is 722. The van der Waals surface area contributed by atoms with Gasteiger partial charge in [-0.1, -0.05) is 32.4 Å². The number of fused-ring (bicyclic) bond motifs is 1. The zero-order valence-electron chi connectivity index (χ0n) is 16.3. The third-order valence-corrected chi connectivity index (χ3v) is 5.81. The van der Waals surface area contributed by atoms with Crippen molar-refractivity contribution >= 4 is 11.8 Å². The van der Waals surface area contributed by atoms with E-state index in [1.54, 1.807) is 12.1 Å². The molecule has 0 radical (unpaired) electrons. The van der Waals surface area contributed by atoms with Gasteiger partial charge >= 0.3 is 0 Å². The largest absolute Gasteiger partial charge is 0.353 e. The molecule has 1 aliphatic heterocycles. The molecule has 0 saturated heterocycles. The highest BCUT2D eigenvalue weighted by molar-refractivity contribution is 6.02. The maximum Gasteiger partial charge on any atom is 0.251 e. The molecule has 1 N–H and O–H groups in total. The van der Waals surface area contributed by atoms with Crippen LogP contribution in [0.3, 0.4) is 0 Å². The predicted octanol–water partition coefficient (Wildman–Crippen LogP) is 4.10. The van der Waals surface area contributed by atoms with Crippen LogP contribution >= 0.6 is 0 Å². The summed E-state index contributed by atoms with van der Waals surface area (Å²) in [6.45, 7) is 4.57. The number of halogens is 1. The molecule has 146 valence electrons. The number of carbonyl (C=O) groups excluding carboxylic acids is 2. The zero-order chi connectivity index (χ0) is 19.4. The summed E-state index contributed by atoms with van der Waals surface area (Å²) in [7, 11) is 0. The van der Waals surface area contributed by atoms with Gasteiger partial charge in [-0.05, 0) is 55.4 Å². The van der Waals surface area contributed by atoms with Crippen LogP contribution in [0.4, 0.5) is 4.39 Å². The van der Waals surface area contributed by atoms with Gasteiger partial charge in [-0.2, -0.15) is 0 Å². The fourth-order valence-electron chi connectivity index (χ4n) is 4.23. The van der Waals surface area contributed by atoms with Gasteiger partial charge in [-0.3, -0.25) is 9.59 Å². The van der Waals surface area contributed by atoms with Gasteiger partial charge in [0.15, 0.2) is 0 Å². The highest BCUT2D eigenvalue weighted by Gasteiger charge is 2.40. The lowest BCUT2D eigenvalue weighted by molar-refractivity contribution is -0.129. The van der Waals surface area contributed by atoms with Gasteiger partial charge in [0, 0.05) is 18.2 Å². The van der Waals surface area contributed by atoms with Gasteiger partial charge in [0.05, 0.1) is 12.5 Å². The number of hydrogen-bond donors (Lipinski definition) is 1. The molecule has 0 bridgehead atoms. The second kappa shape index (κ2) is 8.68. The quantitative estimate of drug-likeness (QED) is 0.783. The Kier molecular flexibility index (Phi) is 6.30. The Hall–Kier alpha value is -2.17. The van der Waals surface area contributed by atoms with Gasteiger partial charge in [0.25, 0.3) is 5.91 Å². The first kappa shape index (κ1) is 19.6. The van der Waals surface area contributed by atoms with Crippen molar-refractivity contribution in [3.05, 3.63) is 46.8 Å². The van der Waals surface area contributed by atoms with Crippen LogP contribution in [0.1, 0.15) is 64.4 Å². The Morgan fingerprint density at radius 2 is 1.93 bits per heavy atom. The minimum atomic E-state index is -0.276. The first-order valence-corrected chi connectivity index (χ1v) is 10.1. The van der Waals surface area contributed by atoms with Crippen LogP contribution < -0.4 is 5.32 Å². The summed E-state index contributed by atoms with van der Waals surface area (Å²) in [5.41, 5.74) is 2.75. The molecule has 27 heavy (non-hydrogen) atoms. The van der Waals surface area contributed by atoms with Crippen molar-refractivity contribution in [3.8, 4) is 0 Å². The van der Waals surface area contributed by atoms with E-state index >= 15 is 0 Å². The van der Waals surface area contributed by atoms with Crippen molar-refractivity contribution in [2.75, 3.05) is 0 Å². The minimum Gasteiger partial charge on any atom is -0.353 e. The average Bonchev–Trinajstić information content (AvgIpc) is 2.93. The molecule has 1 saturated carbocycles. The molecular formula is C22H29FN2O2. The summed E-state index contributed by atoms with van der Waals surface area (Å²) in [5.74, 6) is -0.366. The molecule has 0 spiro atoms. The first-order chi connectivity index (χ1) is 13.0. The second-order valence-electron chi connectivity index (χ2n) is 7.58. The van der Waals surface area contributed by atoms with Crippen molar-refractivity contribution in [2.24, 2.45) is 0 Å². The minimum absolute atomic E-state index is 0.0269. The van der Waals surface area contributed by atoms with E-state index in [1.165, 1.54) is 12.1 Å². The van der Waals surface area contributed by atoms with Crippen LogP contribution in [0, 0.1) is 5.82 Å². The van der Waals surface area contributed by atoms with E-state index in [4.69, 9.17) is 0 Å². The predicted molar refractivity (Wildman–Crippen MR) is 103 cm³/mol. The van der Waals surface area contributed by atoms with Crippen LogP contribution in [0.2, 0.25) is 0 Å². The Morgan fingerprint density at radius 3 is 2.59 bits per heavy atom. The van der Waals surface area contributed by atoms with Crippen LogP contribution in [-0.4, -0.2) is 28.8 Å². The molecule has 2 aliphatic rings. The number of benzene rings is 1. The summed E-state index contributed by atoms with van der Waals surface area (Å²) >= 11 is 0. The summed E-state index contributed by atoms with van der Waals surface area (Å²) in [6.07, 6.45) is 5.95. The third-order valence-electron chi connectivity index (χ3n) is 5.81. The van der Waals surface area contributed by atoms with Crippen LogP contribution in [0.15, 0.2) is 35.4 Å². The Balaban J connectivity index is 1.75. The standard InChI is InChI=1S/C22H29FN2O2/c1-3-17(4-2)24-21(26)13-19-18-7-5-6-8-20(18)25(22(19)27)14-15-9-11-16(23)12-10-15/h9-12,17,20H,3-8,13-14H2,1-2H3,(H,24,26). The lowest BCUT2D eigenvalue weighted by Crippen LogP contribution is -2.37. The average molecular weight is 372 g/mol. The number of rotatable bonds is 7. The lowest BCUT2D eigenvalue weighted by atomic mass is 9.88. The zero-order valence-corrected chi connectivity index (χ0v) is 16.3. The molecule has 2 amide bonds. The van der Waals surface area contributed by atoms with Crippen molar-refractivity contribution in [2.45, 2.75) is 77.4 Å². The molecule has 1 aromatic carbocycles. The van der Waals surface area contributed by atoms with E-state index in [2.05, 4.69) is 19.2 Å². The molecule has 1 unspecified atom stereocenters. The van der Waals surface area contributed by atoms with Crippen molar-refractivity contribution < 1.29 is 14.0 Å². The number of nitrogens with one attached hydrogen (secondary N) is 1. The van der Waals surface area contributed by atoms with Crippen molar-refractivity contribution in [1.29, 1.82) is 0 Å². The second-order valence-corrected chi connectivity index (χ2v) is 7.58. The number of amides is 2. The molecular weight excluding hydrogens is 343 g/mol. The van der Waals surface area contributed by atoms with Crippen LogP contribution in [0.5, 0.6) is 0 Å². The molecule has 1 fully saturated rings. The fraction of sp³-hybridized carbons (Fsp3) is 0.545. The van der Waals surface area contributed by atoms with Crippen molar-refractivity contribution in [1.82, 2.24) is 10.2 Å². The van der Waals surface area contributed by atoms with Gasteiger partial charge in [-0.25, -0.2) is 4.39 Å². The summed E-state index contributed by atoms with van der Waals surface area (Å²) in [4.78, 5) is 27.5. The van der Waals surface area contributed by atoms with Gasteiger partial charge in [0.2, 0.25) is 5.91 Å². The number of nitrogens with zero attached hydrogens (tertiary/aromatic N) is 1. The molecule has 0 aromatic heterocycles. The van der Waals surface area contributed by atoms with E-state index in [-0.39, 0.29) is 36.1 Å². The monoisotopic (exact) mass is 372 g/mol. The third kappa shape index (κ3) is 4.40. The summed E-state index contributed by atoms with van der Waals surface area (Å²) < 4.78 is 13.2. The topological polar surface area (TPSA) is 49.4 Å². The maximum atomic E-state index is 13.2. The van der Waals surface area contributed by atoms with E-state index in [0.29, 0.717) is 12.1 Å². The maximum absolute atomic E-state index is 13.2. The van der Waals surface area contributed by atoms with E-state index in [0.717, 1.165) is 49.7 Å². The number of carbonyl (C=O) groups is 2. The van der Waals surface area contributed by atoms with Gasteiger partial charge < -0.3 is 10.2 Å². The molecule has 1 aliphatic carbocycles. The normalized spacial score (nSPS) is 19.6. The smallest absolute Gasteiger partial charge is 0.251 e. The first-order valence-electron chi connectivity index (χ1n) is 10.1. The SMILES string of the molecule is CCC(CC)NC(=O)CC1=C2CCCCC2N(Cc2ccc(F)cc2)C1=O. The highest BCUT2D eigenvalue weighted by Crippen LogP contribution is 2.38. The van der Waals surface area contributed by atoms with Crippen LogP contribution in [-0.2, 0) is 16.1 Å². The van der Waals surface area contributed by atoms with E-state index < -0.39 is 0 Å². The summed E-state index contributed by atoms with van der Waals surface area (Å²) in [6, 6.07) is 6.56. The lowest BCUT2D eigenvalue weighted by Gasteiger charge is -2.30. The molecule has 4 nitrogen and oxygen atoms in total. The van der Waals surface area contributed by atoms with E-state index in [9.17, 15) is 14.0 Å². The van der Waals surface area contributed by atoms with Crippen LogP contribution in [0.25, 0.3) is 0 Å². The molecule has 3 rings (SSSR count). The fourth-order valence-corrected chi connectivity index (χ4v) is 4.23. The highest BCUT2D eigenvalue weighted by atomic mass is 19.1. The molecule has 1 aromatic rings. The van der Waals surface area contributed by atoms with Gasteiger partial charge in [-0.15, -0.1) is 0 Å². The van der Waals surface area contributed by atoms with Gasteiger partial charge in [0.1, 0.15) is 5.82 Å². The molecule has 5 heteroatoms.